The molecule has 6 nitrogen and oxygen atoms in total. The van der Waals surface area contributed by atoms with Gasteiger partial charge in [-0.2, -0.15) is 0 Å². The number of nitrogens with one attached hydrogen (secondary N) is 3. The highest BCUT2D eigenvalue weighted by atomic mass is 35.5. The number of carbonyl (C=O) groups excluding carboxylic acids is 2. The van der Waals surface area contributed by atoms with E-state index < -0.39 is 11.9 Å². The van der Waals surface area contributed by atoms with Gasteiger partial charge in [0.2, 0.25) is 0 Å². The van der Waals surface area contributed by atoms with E-state index in [1.165, 1.54) is 17.6 Å². The van der Waals surface area contributed by atoms with Gasteiger partial charge in [-0.3, -0.25) is 10.0 Å². The maximum Gasteiger partial charge on any atom is 0.323 e. The summed E-state index contributed by atoms with van der Waals surface area (Å²) in [6.45, 7) is 0. The number of carbonyl (C=O) groups is 2. The highest BCUT2D eigenvalue weighted by molar-refractivity contribution is 6.30. The van der Waals surface area contributed by atoms with Crippen molar-refractivity contribution in [2.24, 2.45) is 0 Å². The van der Waals surface area contributed by atoms with Gasteiger partial charge in [-0.1, -0.05) is 11.6 Å². The second-order valence-electron chi connectivity index (χ2n) is 4.10. The topological polar surface area (TPSA) is 90.5 Å². The van der Waals surface area contributed by atoms with Crippen molar-refractivity contribution in [3.05, 3.63) is 59.1 Å². The van der Waals surface area contributed by atoms with E-state index in [1.54, 1.807) is 36.4 Å². The maximum absolute atomic E-state index is 11.8. The van der Waals surface area contributed by atoms with E-state index in [0.717, 1.165) is 0 Å². The molecule has 0 aromatic heterocycles. The molecule has 0 radical (unpaired) electrons. The Morgan fingerprint density at radius 1 is 0.857 bits per heavy atom. The zero-order chi connectivity index (χ0) is 15.2. The van der Waals surface area contributed by atoms with Crippen LogP contribution in [0.25, 0.3) is 0 Å². The van der Waals surface area contributed by atoms with E-state index in [-0.39, 0.29) is 5.56 Å². The standard InChI is InChI=1S/C14H12ClN3O3/c15-10-3-7-12(8-4-10)17-14(20)16-11-5-1-9(2-6-11)13(19)18-21/h1-8,21H,(H,18,19)(H2,16,17,20). The van der Waals surface area contributed by atoms with E-state index in [2.05, 4.69) is 10.6 Å². The van der Waals surface area contributed by atoms with E-state index in [1.807, 2.05) is 0 Å². The van der Waals surface area contributed by atoms with Gasteiger partial charge < -0.3 is 10.6 Å². The summed E-state index contributed by atoms with van der Waals surface area (Å²) in [6.07, 6.45) is 0. The first kappa shape index (κ1) is 14.8. The summed E-state index contributed by atoms with van der Waals surface area (Å²) in [7, 11) is 0. The van der Waals surface area contributed by atoms with E-state index in [9.17, 15) is 9.59 Å². The van der Waals surface area contributed by atoms with Crippen LogP contribution in [0.2, 0.25) is 5.02 Å². The lowest BCUT2D eigenvalue weighted by Gasteiger charge is -2.08. The summed E-state index contributed by atoms with van der Waals surface area (Å²) >= 11 is 5.75. The summed E-state index contributed by atoms with van der Waals surface area (Å²) in [5.74, 6) is -0.618. The fourth-order valence-corrected chi connectivity index (χ4v) is 1.72. The fraction of sp³-hybridized carbons (Fsp3) is 0. The monoisotopic (exact) mass is 305 g/mol. The van der Waals surface area contributed by atoms with Gasteiger partial charge in [-0.25, -0.2) is 10.3 Å². The van der Waals surface area contributed by atoms with Crippen molar-refractivity contribution in [2.75, 3.05) is 10.6 Å². The molecule has 3 amide bonds. The highest BCUT2D eigenvalue weighted by Gasteiger charge is 2.05. The first-order chi connectivity index (χ1) is 10.1. The molecule has 2 rings (SSSR count). The van der Waals surface area contributed by atoms with Crippen LogP contribution in [0.3, 0.4) is 0 Å². The summed E-state index contributed by atoms with van der Waals surface area (Å²) in [5.41, 5.74) is 2.92. The minimum Gasteiger partial charge on any atom is -0.308 e. The second-order valence-corrected chi connectivity index (χ2v) is 4.54. The van der Waals surface area contributed by atoms with Gasteiger partial charge in [0, 0.05) is 22.0 Å². The Hall–Kier alpha value is -2.57. The Morgan fingerprint density at radius 3 is 1.81 bits per heavy atom. The molecule has 2 aromatic rings. The molecule has 0 heterocycles. The predicted molar refractivity (Wildman–Crippen MR) is 79.8 cm³/mol. The molecule has 0 fully saturated rings. The lowest BCUT2D eigenvalue weighted by Crippen LogP contribution is -2.20. The van der Waals surface area contributed by atoms with Crippen LogP contribution >= 0.6 is 11.6 Å². The van der Waals surface area contributed by atoms with E-state index >= 15 is 0 Å². The quantitative estimate of drug-likeness (QED) is 0.519. The number of hydrogen-bond donors (Lipinski definition) is 4. The van der Waals surface area contributed by atoms with Crippen LogP contribution in [0.5, 0.6) is 0 Å². The Morgan fingerprint density at radius 2 is 1.33 bits per heavy atom. The molecule has 2 aromatic carbocycles. The van der Waals surface area contributed by atoms with Crippen molar-refractivity contribution in [3.63, 3.8) is 0 Å². The van der Waals surface area contributed by atoms with Gasteiger partial charge in [-0.05, 0) is 48.5 Å². The third-order valence-electron chi connectivity index (χ3n) is 2.61. The minimum absolute atomic E-state index is 0.279. The van der Waals surface area contributed by atoms with Gasteiger partial charge >= 0.3 is 6.03 Å². The van der Waals surface area contributed by atoms with Crippen LogP contribution in [0.1, 0.15) is 10.4 Å². The average molecular weight is 306 g/mol. The maximum atomic E-state index is 11.8. The van der Waals surface area contributed by atoms with Crippen molar-refractivity contribution in [1.29, 1.82) is 0 Å². The lowest BCUT2D eigenvalue weighted by atomic mass is 10.2. The fourth-order valence-electron chi connectivity index (χ4n) is 1.60. The molecule has 0 bridgehead atoms. The molecule has 0 aliphatic rings. The number of benzene rings is 2. The Balaban J connectivity index is 1.96. The molecule has 4 N–H and O–H groups in total. The van der Waals surface area contributed by atoms with Crippen LogP contribution in [-0.4, -0.2) is 17.1 Å². The van der Waals surface area contributed by atoms with Crippen LogP contribution in [0.15, 0.2) is 48.5 Å². The van der Waals surface area contributed by atoms with E-state index in [0.29, 0.717) is 16.4 Å². The largest absolute Gasteiger partial charge is 0.323 e. The van der Waals surface area contributed by atoms with Crippen molar-refractivity contribution < 1.29 is 14.8 Å². The third-order valence-corrected chi connectivity index (χ3v) is 2.86. The molecule has 108 valence electrons. The van der Waals surface area contributed by atoms with Crippen LogP contribution in [-0.2, 0) is 0 Å². The molecule has 0 aliphatic carbocycles. The van der Waals surface area contributed by atoms with E-state index in [4.69, 9.17) is 16.8 Å². The molecule has 0 unspecified atom stereocenters. The van der Waals surface area contributed by atoms with Gasteiger partial charge in [0.25, 0.3) is 5.91 Å². The molecule has 0 saturated carbocycles. The van der Waals surface area contributed by atoms with Crippen molar-refractivity contribution >= 4 is 34.9 Å². The summed E-state index contributed by atoms with van der Waals surface area (Å²) in [4.78, 5) is 22.9. The number of anilines is 2. The summed E-state index contributed by atoms with van der Waals surface area (Å²) < 4.78 is 0. The number of urea groups is 1. The smallest absolute Gasteiger partial charge is 0.308 e. The van der Waals surface area contributed by atoms with Crippen LogP contribution in [0, 0.1) is 0 Å². The predicted octanol–water partition coefficient (Wildman–Crippen LogP) is 3.10. The van der Waals surface area contributed by atoms with Crippen molar-refractivity contribution in [1.82, 2.24) is 5.48 Å². The van der Waals surface area contributed by atoms with Gasteiger partial charge in [0.05, 0.1) is 0 Å². The molecule has 0 spiro atoms. The normalized spacial score (nSPS) is 9.81. The number of hydrogen-bond acceptors (Lipinski definition) is 3. The molecule has 7 heteroatoms. The molecule has 0 aliphatic heterocycles. The molecule has 0 saturated heterocycles. The average Bonchev–Trinajstić information content (AvgIpc) is 2.49. The minimum atomic E-state index is -0.618. The Kier molecular flexibility index (Phi) is 4.76. The zero-order valence-corrected chi connectivity index (χ0v) is 11.5. The number of rotatable bonds is 3. The lowest BCUT2D eigenvalue weighted by molar-refractivity contribution is 0.0706. The van der Waals surface area contributed by atoms with Crippen molar-refractivity contribution in [2.45, 2.75) is 0 Å². The van der Waals surface area contributed by atoms with Crippen LogP contribution < -0.4 is 16.1 Å². The Labute approximate surface area is 125 Å². The number of amides is 3. The zero-order valence-electron chi connectivity index (χ0n) is 10.8. The first-order valence-corrected chi connectivity index (χ1v) is 6.34. The van der Waals surface area contributed by atoms with Crippen molar-refractivity contribution in [3.8, 4) is 0 Å². The van der Waals surface area contributed by atoms with Gasteiger partial charge in [-0.15, -0.1) is 0 Å². The molecule has 0 atom stereocenters. The number of halogens is 1. The molecular formula is C14H12ClN3O3. The SMILES string of the molecule is O=C(Nc1ccc(Cl)cc1)Nc1ccc(C(=O)NO)cc1. The van der Waals surface area contributed by atoms with Gasteiger partial charge in [0.15, 0.2) is 0 Å². The second kappa shape index (κ2) is 6.74. The summed E-state index contributed by atoms with van der Waals surface area (Å²) in [6, 6.07) is 12.3. The molecule has 21 heavy (non-hydrogen) atoms. The number of hydroxylamine groups is 1. The van der Waals surface area contributed by atoms with Gasteiger partial charge in [0.1, 0.15) is 0 Å². The molecular weight excluding hydrogens is 294 g/mol. The van der Waals surface area contributed by atoms with Crippen LogP contribution in [0.4, 0.5) is 16.2 Å². The summed E-state index contributed by atoms with van der Waals surface area (Å²) in [5, 5.41) is 14.3. The first-order valence-electron chi connectivity index (χ1n) is 5.96. The highest BCUT2D eigenvalue weighted by Crippen LogP contribution is 2.14. The Bertz CT molecular complexity index is 642. The third kappa shape index (κ3) is 4.20.